The molecule has 8 nitrogen and oxygen atoms in total. The average molecular weight is 466 g/mol. The van der Waals surface area contributed by atoms with Gasteiger partial charge in [-0.2, -0.15) is 0 Å². The summed E-state index contributed by atoms with van der Waals surface area (Å²) in [7, 11) is 1.80. The molecule has 1 aromatic carbocycles. The van der Waals surface area contributed by atoms with Crippen molar-refractivity contribution in [3.63, 3.8) is 0 Å². The van der Waals surface area contributed by atoms with E-state index in [0.29, 0.717) is 0 Å². The fourth-order valence-electron chi connectivity index (χ4n) is 3.90. The maximum atomic E-state index is 12.4. The molecule has 2 aromatic heterocycles. The van der Waals surface area contributed by atoms with Crippen LogP contribution in [0.5, 0.6) is 0 Å². The molecule has 3 heterocycles. The first-order valence-electron chi connectivity index (χ1n) is 10.9. The van der Waals surface area contributed by atoms with Gasteiger partial charge in [0.15, 0.2) is 0 Å². The summed E-state index contributed by atoms with van der Waals surface area (Å²) in [6, 6.07) is 13.8. The summed E-state index contributed by atoms with van der Waals surface area (Å²) in [4.78, 5) is 36.7. The number of carbonyl (C=O) groups excluding carboxylic acids is 2. The molecule has 0 saturated carbocycles. The quantitative estimate of drug-likeness (QED) is 0.581. The van der Waals surface area contributed by atoms with Gasteiger partial charge in [-0.05, 0) is 37.1 Å². The van der Waals surface area contributed by atoms with Crippen molar-refractivity contribution in [2.45, 2.75) is 32.4 Å². The van der Waals surface area contributed by atoms with Crippen LogP contribution in [0.3, 0.4) is 0 Å². The van der Waals surface area contributed by atoms with E-state index in [0.717, 1.165) is 54.4 Å². The summed E-state index contributed by atoms with van der Waals surface area (Å²) in [6.07, 6.45) is 1.36. The molecule has 33 heavy (non-hydrogen) atoms. The first-order chi connectivity index (χ1) is 16.0. The third-order valence-electron chi connectivity index (χ3n) is 5.66. The molecule has 4 rings (SSSR count). The molecule has 3 aromatic rings. The van der Waals surface area contributed by atoms with Crippen molar-refractivity contribution < 1.29 is 14.3 Å². The second-order valence-electron chi connectivity index (χ2n) is 8.01. The van der Waals surface area contributed by atoms with E-state index < -0.39 is 0 Å². The highest BCUT2D eigenvalue weighted by atomic mass is 32.1. The van der Waals surface area contributed by atoms with E-state index in [1.54, 1.807) is 17.5 Å². The maximum Gasteiger partial charge on any atom is 0.410 e. The normalized spacial score (nSPS) is 14.1. The van der Waals surface area contributed by atoms with Crippen molar-refractivity contribution in [3.05, 3.63) is 59.0 Å². The van der Waals surface area contributed by atoms with E-state index in [2.05, 4.69) is 15.2 Å². The van der Waals surface area contributed by atoms with Crippen LogP contribution in [-0.4, -0.2) is 53.0 Å². The number of benzene rings is 1. The van der Waals surface area contributed by atoms with Crippen molar-refractivity contribution in [3.8, 4) is 11.3 Å². The molecule has 0 bridgehead atoms. The molecule has 0 radical (unpaired) electrons. The standard InChI is InChI=1S/C24H27N5O3S/c1-17(30)26-19-6-3-5-18(13-19)22-7-4-8-23(27-22)29-11-9-21(10-12-29)28(2)24(31)32-14-20-15-33-16-25-20/h3-8,13,15-16,21H,9-12,14H2,1-2H3,(H,26,30). The lowest BCUT2D eigenvalue weighted by atomic mass is 10.0. The number of hydrogen-bond donors (Lipinski definition) is 1. The summed E-state index contributed by atoms with van der Waals surface area (Å²) in [5.74, 6) is 0.804. The number of nitrogens with zero attached hydrogens (tertiary/aromatic N) is 4. The first-order valence-corrected chi connectivity index (χ1v) is 11.8. The van der Waals surface area contributed by atoms with Crippen LogP contribution in [0.25, 0.3) is 11.3 Å². The summed E-state index contributed by atoms with van der Waals surface area (Å²) in [5.41, 5.74) is 5.04. The molecule has 1 aliphatic heterocycles. The van der Waals surface area contributed by atoms with Gasteiger partial charge >= 0.3 is 6.09 Å². The molecule has 9 heteroatoms. The van der Waals surface area contributed by atoms with Gasteiger partial charge in [0.05, 0.1) is 16.9 Å². The molecule has 0 atom stereocenters. The molecule has 1 N–H and O–H groups in total. The Hall–Kier alpha value is -3.46. The number of thiazole rings is 1. The Balaban J connectivity index is 1.35. The molecule has 2 amide bonds. The zero-order valence-corrected chi connectivity index (χ0v) is 19.5. The Morgan fingerprint density at radius 2 is 2.00 bits per heavy atom. The zero-order valence-electron chi connectivity index (χ0n) is 18.7. The minimum absolute atomic E-state index is 0.103. The number of amides is 2. The molecule has 0 aliphatic carbocycles. The largest absolute Gasteiger partial charge is 0.443 e. The topological polar surface area (TPSA) is 87.7 Å². The molecule has 1 aliphatic rings. The van der Waals surface area contributed by atoms with E-state index in [1.807, 2.05) is 47.8 Å². The highest BCUT2D eigenvalue weighted by Crippen LogP contribution is 2.26. The number of hydrogen-bond acceptors (Lipinski definition) is 7. The van der Waals surface area contributed by atoms with Crippen LogP contribution in [0.4, 0.5) is 16.3 Å². The van der Waals surface area contributed by atoms with Crippen LogP contribution in [0, 0.1) is 0 Å². The number of aromatic nitrogens is 2. The van der Waals surface area contributed by atoms with Gasteiger partial charge in [-0.25, -0.2) is 14.8 Å². The summed E-state index contributed by atoms with van der Waals surface area (Å²) in [5, 5.41) is 4.69. The zero-order chi connectivity index (χ0) is 23.2. The van der Waals surface area contributed by atoms with E-state index >= 15 is 0 Å². The van der Waals surface area contributed by atoms with E-state index in [-0.39, 0.29) is 24.6 Å². The number of rotatable bonds is 6. The minimum atomic E-state index is -0.319. The number of ether oxygens (including phenoxy) is 1. The van der Waals surface area contributed by atoms with Gasteiger partial charge in [0.1, 0.15) is 12.4 Å². The van der Waals surface area contributed by atoms with Crippen LogP contribution in [0.15, 0.2) is 53.4 Å². The van der Waals surface area contributed by atoms with Crippen molar-refractivity contribution in [2.75, 3.05) is 30.4 Å². The van der Waals surface area contributed by atoms with Crippen molar-refractivity contribution in [1.82, 2.24) is 14.9 Å². The summed E-state index contributed by atoms with van der Waals surface area (Å²) >= 11 is 1.48. The highest BCUT2D eigenvalue weighted by molar-refractivity contribution is 7.07. The number of carbonyl (C=O) groups is 2. The van der Waals surface area contributed by atoms with Gasteiger partial charge in [-0.3, -0.25) is 4.79 Å². The van der Waals surface area contributed by atoms with Gasteiger partial charge < -0.3 is 19.9 Å². The Morgan fingerprint density at radius 3 is 2.73 bits per heavy atom. The average Bonchev–Trinajstić information content (AvgIpc) is 3.36. The van der Waals surface area contributed by atoms with Gasteiger partial charge in [-0.1, -0.05) is 18.2 Å². The smallest absolute Gasteiger partial charge is 0.410 e. The van der Waals surface area contributed by atoms with Crippen LogP contribution in [-0.2, 0) is 16.1 Å². The summed E-state index contributed by atoms with van der Waals surface area (Å²) in [6.45, 7) is 3.30. The lowest BCUT2D eigenvalue weighted by Crippen LogP contribution is -2.46. The first kappa shape index (κ1) is 22.7. The molecule has 0 spiro atoms. The van der Waals surface area contributed by atoms with Crippen LogP contribution >= 0.6 is 11.3 Å². The Kier molecular flexibility index (Phi) is 7.19. The molecule has 0 unspecified atom stereocenters. The minimum Gasteiger partial charge on any atom is -0.443 e. The summed E-state index contributed by atoms with van der Waals surface area (Å²) < 4.78 is 5.39. The van der Waals surface area contributed by atoms with E-state index in [1.165, 1.54) is 18.3 Å². The van der Waals surface area contributed by atoms with Crippen molar-refractivity contribution >= 4 is 34.8 Å². The van der Waals surface area contributed by atoms with E-state index in [4.69, 9.17) is 9.72 Å². The maximum absolute atomic E-state index is 12.4. The second-order valence-corrected chi connectivity index (χ2v) is 8.73. The molecule has 1 fully saturated rings. The predicted octanol–water partition coefficient (Wildman–Crippen LogP) is 4.40. The molecular formula is C24H27N5O3S. The van der Waals surface area contributed by atoms with Crippen LogP contribution < -0.4 is 10.2 Å². The number of nitrogens with one attached hydrogen (secondary N) is 1. The van der Waals surface area contributed by atoms with Crippen LogP contribution in [0.2, 0.25) is 0 Å². The third-order valence-corrected chi connectivity index (χ3v) is 6.30. The Labute approximate surface area is 197 Å². The van der Waals surface area contributed by atoms with Gasteiger partial charge in [-0.15, -0.1) is 11.3 Å². The van der Waals surface area contributed by atoms with Gasteiger partial charge in [0, 0.05) is 49.7 Å². The van der Waals surface area contributed by atoms with Gasteiger partial charge in [0.25, 0.3) is 0 Å². The second kappa shape index (κ2) is 10.4. The Morgan fingerprint density at radius 1 is 1.21 bits per heavy atom. The van der Waals surface area contributed by atoms with Crippen molar-refractivity contribution in [2.24, 2.45) is 0 Å². The van der Waals surface area contributed by atoms with Gasteiger partial charge in [0.2, 0.25) is 5.91 Å². The lowest BCUT2D eigenvalue weighted by molar-refractivity contribution is -0.114. The third kappa shape index (κ3) is 5.87. The molecule has 172 valence electrons. The molecular weight excluding hydrogens is 438 g/mol. The molecule has 1 saturated heterocycles. The fourth-order valence-corrected chi connectivity index (χ4v) is 4.44. The van der Waals surface area contributed by atoms with Crippen LogP contribution in [0.1, 0.15) is 25.5 Å². The van der Waals surface area contributed by atoms with E-state index in [9.17, 15) is 9.59 Å². The Bertz CT molecular complexity index is 1100. The fraction of sp³-hybridized carbons (Fsp3) is 0.333. The SMILES string of the molecule is CC(=O)Nc1cccc(-c2cccc(N3CCC(N(C)C(=O)OCc4cscn4)CC3)n2)c1. The predicted molar refractivity (Wildman–Crippen MR) is 129 cm³/mol. The number of pyridine rings is 1. The monoisotopic (exact) mass is 465 g/mol. The lowest BCUT2D eigenvalue weighted by Gasteiger charge is -2.36. The van der Waals surface area contributed by atoms with Crippen molar-refractivity contribution in [1.29, 1.82) is 0 Å². The number of piperidine rings is 1. The number of anilines is 2. The highest BCUT2D eigenvalue weighted by Gasteiger charge is 2.27.